The molecule has 0 bridgehead atoms. The summed E-state index contributed by atoms with van der Waals surface area (Å²) in [5.74, 6) is 0.719. The number of nitrogens with zero attached hydrogens (tertiary/aromatic N) is 2. The molecule has 17 heavy (non-hydrogen) atoms. The van der Waals surface area contributed by atoms with Crippen LogP contribution in [-0.4, -0.2) is 44.2 Å². The molecular formula is C13H25N3O. The van der Waals surface area contributed by atoms with Crippen molar-refractivity contribution in [2.24, 2.45) is 16.1 Å². The first-order valence-electron chi connectivity index (χ1n) is 6.69. The van der Waals surface area contributed by atoms with Crippen LogP contribution in [0.3, 0.4) is 0 Å². The minimum Gasteiger partial charge on any atom is -0.385 e. The summed E-state index contributed by atoms with van der Waals surface area (Å²) in [6.07, 6.45) is 7.54. The molecule has 2 aliphatic carbocycles. The zero-order valence-corrected chi connectivity index (χ0v) is 11.1. The van der Waals surface area contributed by atoms with Crippen molar-refractivity contribution in [1.82, 2.24) is 4.90 Å². The lowest BCUT2D eigenvalue weighted by molar-refractivity contribution is 0.0777. The average molecular weight is 239 g/mol. The molecule has 2 N–H and O–H groups in total. The summed E-state index contributed by atoms with van der Waals surface area (Å²) in [5, 5.41) is 0. The minimum absolute atomic E-state index is 0.380. The van der Waals surface area contributed by atoms with Crippen LogP contribution in [0.25, 0.3) is 0 Å². The molecule has 0 heterocycles. The van der Waals surface area contributed by atoms with Crippen molar-refractivity contribution in [2.75, 3.05) is 27.3 Å². The number of ether oxygens (including phenoxy) is 1. The number of hydrogen-bond donors (Lipinski definition) is 1. The van der Waals surface area contributed by atoms with Gasteiger partial charge in [-0.3, -0.25) is 4.99 Å². The molecule has 98 valence electrons. The van der Waals surface area contributed by atoms with Crippen molar-refractivity contribution < 1.29 is 4.74 Å². The Balaban J connectivity index is 1.83. The van der Waals surface area contributed by atoms with Crippen LogP contribution >= 0.6 is 0 Å². The van der Waals surface area contributed by atoms with Gasteiger partial charge in [-0.05, 0) is 37.5 Å². The predicted molar refractivity (Wildman–Crippen MR) is 70.1 cm³/mol. The molecule has 0 saturated heterocycles. The Morgan fingerprint density at radius 2 is 2.18 bits per heavy atom. The lowest BCUT2D eigenvalue weighted by Crippen LogP contribution is -2.39. The maximum Gasteiger partial charge on any atom is 0.191 e. The summed E-state index contributed by atoms with van der Waals surface area (Å²) in [5.41, 5.74) is 6.40. The highest BCUT2D eigenvalue weighted by Gasteiger charge is 2.36. The molecular weight excluding hydrogens is 214 g/mol. The van der Waals surface area contributed by atoms with Gasteiger partial charge in [-0.1, -0.05) is 6.42 Å². The van der Waals surface area contributed by atoms with E-state index < -0.39 is 0 Å². The number of nitrogens with two attached hydrogens (primary N) is 1. The summed E-state index contributed by atoms with van der Waals surface area (Å²) >= 11 is 0. The first-order chi connectivity index (χ1) is 8.17. The second kappa shape index (κ2) is 5.25. The fourth-order valence-electron chi connectivity index (χ4n) is 2.49. The van der Waals surface area contributed by atoms with Crippen molar-refractivity contribution in [3.63, 3.8) is 0 Å². The third kappa shape index (κ3) is 3.12. The standard InChI is InChI=1S/C13H25N3O/c1-16(11-4-5-11)12(14)15-10-13(6-3-7-13)8-9-17-2/h11H,3-10H2,1-2H3,(H2,14,15). The SMILES string of the molecule is COCCC1(CN=C(N)N(C)C2CC2)CCC1. The second-order valence-corrected chi connectivity index (χ2v) is 5.61. The lowest BCUT2D eigenvalue weighted by atomic mass is 9.67. The van der Waals surface area contributed by atoms with E-state index in [1.165, 1.54) is 32.1 Å². The smallest absolute Gasteiger partial charge is 0.191 e. The van der Waals surface area contributed by atoms with Crippen LogP contribution in [0.5, 0.6) is 0 Å². The van der Waals surface area contributed by atoms with Gasteiger partial charge in [-0.25, -0.2) is 0 Å². The maximum atomic E-state index is 6.02. The number of guanidine groups is 1. The summed E-state index contributed by atoms with van der Waals surface area (Å²) in [6.45, 7) is 1.72. The van der Waals surface area contributed by atoms with E-state index in [1.807, 2.05) is 0 Å². The Hall–Kier alpha value is -0.770. The Kier molecular flexibility index (Phi) is 3.92. The summed E-state index contributed by atoms with van der Waals surface area (Å²) in [6, 6.07) is 0.648. The molecule has 0 aromatic rings. The third-order valence-corrected chi connectivity index (χ3v) is 4.28. The molecule has 0 unspecified atom stereocenters. The topological polar surface area (TPSA) is 50.9 Å². The Morgan fingerprint density at radius 1 is 1.47 bits per heavy atom. The van der Waals surface area contributed by atoms with Gasteiger partial charge < -0.3 is 15.4 Å². The van der Waals surface area contributed by atoms with Gasteiger partial charge in [-0.15, -0.1) is 0 Å². The second-order valence-electron chi connectivity index (χ2n) is 5.61. The van der Waals surface area contributed by atoms with Crippen LogP contribution in [-0.2, 0) is 4.74 Å². The molecule has 0 aliphatic heterocycles. The van der Waals surface area contributed by atoms with Gasteiger partial charge in [0.25, 0.3) is 0 Å². The molecule has 0 aromatic heterocycles. The maximum absolute atomic E-state index is 6.02. The highest BCUT2D eigenvalue weighted by atomic mass is 16.5. The van der Waals surface area contributed by atoms with Gasteiger partial charge in [0.15, 0.2) is 5.96 Å². The largest absolute Gasteiger partial charge is 0.385 e. The van der Waals surface area contributed by atoms with E-state index in [0.717, 1.165) is 25.5 Å². The van der Waals surface area contributed by atoms with Crippen molar-refractivity contribution in [2.45, 2.75) is 44.6 Å². The number of hydrogen-bond acceptors (Lipinski definition) is 2. The highest BCUT2D eigenvalue weighted by Crippen LogP contribution is 2.44. The molecule has 4 heteroatoms. The molecule has 2 aliphatic rings. The number of rotatable bonds is 6. The third-order valence-electron chi connectivity index (χ3n) is 4.28. The van der Waals surface area contributed by atoms with Crippen molar-refractivity contribution in [3.8, 4) is 0 Å². The predicted octanol–water partition coefficient (Wildman–Crippen LogP) is 1.60. The fourth-order valence-corrected chi connectivity index (χ4v) is 2.49. The quantitative estimate of drug-likeness (QED) is 0.566. The Morgan fingerprint density at radius 3 is 2.65 bits per heavy atom. The van der Waals surface area contributed by atoms with Crippen molar-refractivity contribution >= 4 is 5.96 Å². The van der Waals surface area contributed by atoms with E-state index in [1.54, 1.807) is 7.11 Å². The normalized spacial score (nSPS) is 23.3. The molecule has 0 aromatic carbocycles. The van der Waals surface area contributed by atoms with Crippen LogP contribution < -0.4 is 5.73 Å². The molecule has 0 atom stereocenters. The van der Waals surface area contributed by atoms with Crippen molar-refractivity contribution in [1.29, 1.82) is 0 Å². The zero-order chi connectivity index (χ0) is 12.3. The van der Waals surface area contributed by atoms with Crippen LogP contribution in [0.1, 0.15) is 38.5 Å². The Bertz CT molecular complexity index is 282. The lowest BCUT2D eigenvalue weighted by Gasteiger charge is -2.41. The van der Waals surface area contributed by atoms with Gasteiger partial charge in [0, 0.05) is 33.4 Å². The number of aliphatic imine (C=N–C) groups is 1. The van der Waals surface area contributed by atoms with Crippen molar-refractivity contribution in [3.05, 3.63) is 0 Å². The summed E-state index contributed by atoms with van der Waals surface area (Å²) < 4.78 is 5.19. The zero-order valence-electron chi connectivity index (χ0n) is 11.1. The molecule has 0 spiro atoms. The van der Waals surface area contributed by atoms with E-state index in [0.29, 0.717) is 11.5 Å². The van der Waals surface area contributed by atoms with E-state index in [9.17, 15) is 0 Å². The van der Waals surface area contributed by atoms with Gasteiger partial charge in [-0.2, -0.15) is 0 Å². The Labute approximate surface area is 104 Å². The van der Waals surface area contributed by atoms with Gasteiger partial charge >= 0.3 is 0 Å². The molecule has 2 rings (SSSR count). The highest BCUT2D eigenvalue weighted by molar-refractivity contribution is 5.78. The first kappa shape index (κ1) is 12.7. The van der Waals surface area contributed by atoms with Gasteiger partial charge in [0.1, 0.15) is 0 Å². The fraction of sp³-hybridized carbons (Fsp3) is 0.923. The monoisotopic (exact) mass is 239 g/mol. The number of methoxy groups -OCH3 is 1. The first-order valence-corrected chi connectivity index (χ1v) is 6.69. The average Bonchev–Trinajstić information content (AvgIpc) is 3.09. The van der Waals surface area contributed by atoms with Gasteiger partial charge in [0.2, 0.25) is 0 Å². The van der Waals surface area contributed by atoms with Crippen LogP contribution in [0.2, 0.25) is 0 Å². The molecule has 2 fully saturated rings. The van der Waals surface area contributed by atoms with E-state index in [-0.39, 0.29) is 0 Å². The molecule has 0 amide bonds. The summed E-state index contributed by atoms with van der Waals surface area (Å²) in [4.78, 5) is 6.72. The minimum atomic E-state index is 0.380. The van der Waals surface area contributed by atoms with E-state index >= 15 is 0 Å². The summed E-state index contributed by atoms with van der Waals surface area (Å²) in [7, 11) is 3.82. The molecule has 0 radical (unpaired) electrons. The molecule has 2 saturated carbocycles. The van der Waals surface area contributed by atoms with E-state index in [4.69, 9.17) is 10.5 Å². The van der Waals surface area contributed by atoms with Gasteiger partial charge in [0.05, 0.1) is 0 Å². The molecule has 4 nitrogen and oxygen atoms in total. The van der Waals surface area contributed by atoms with Crippen LogP contribution in [0, 0.1) is 5.41 Å². The van der Waals surface area contributed by atoms with Crippen LogP contribution in [0.15, 0.2) is 4.99 Å². The van der Waals surface area contributed by atoms with E-state index in [2.05, 4.69) is 16.9 Å². The van der Waals surface area contributed by atoms with Crippen LogP contribution in [0.4, 0.5) is 0 Å².